The van der Waals surface area contributed by atoms with Crippen LogP contribution in [-0.2, 0) is 11.3 Å². The average molecular weight is 458 g/mol. The number of aromatic nitrogens is 1. The highest BCUT2D eigenvalue weighted by molar-refractivity contribution is 14.0. The van der Waals surface area contributed by atoms with E-state index in [1.165, 1.54) is 10.9 Å². The van der Waals surface area contributed by atoms with Crippen molar-refractivity contribution in [3.8, 4) is 0 Å². The molecule has 25 heavy (non-hydrogen) atoms. The highest BCUT2D eigenvalue weighted by Crippen LogP contribution is 2.15. The van der Waals surface area contributed by atoms with Crippen molar-refractivity contribution in [1.29, 1.82) is 0 Å². The van der Waals surface area contributed by atoms with Crippen LogP contribution in [0.15, 0.2) is 41.5 Å². The Morgan fingerprint density at radius 3 is 2.68 bits per heavy atom. The second-order valence-electron chi connectivity index (χ2n) is 6.51. The number of hydrogen-bond acceptors (Lipinski definition) is 2. The van der Waals surface area contributed by atoms with Crippen molar-refractivity contribution in [2.24, 2.45) is 4.99 Å². The maximum Gasteiger partial charge on any atom is 0.191 e. The first kappa shape index (κ1) is 21.8. The number of guanidine groups is 1. The number of nitrogens with one attached hydrogen (secondary N) is 2. The summed E-state index contributed by atoms with van der Waals surface area (Å²) in [5, 5.41) is 7.97. The molecule has 0 fully saturated rings. The molecule has 0 spiro atoms. The summed E-state index contributed by atoms with van der Waals surface area (Å²) < 4.78 is 7.72. The third kappa shape index (κ3) is 6.86. The van der Waals surface area contributed by atoms with Crippen molar-refractivity contribution >= 4 is 40.8 Å². The SMILES string of the molecule is CCNC(=NCC(C)(C)OC)NCCCn1ccc2ccccc21.I. The summed E-state index contributed by atoms with van der Waals surface area (Å²) in [6, 6.07) is 10.7. The van der Waals surface area contributed by atoms with Gasteiger partial charge in [0, 0.05) is 38.5 Å². The lowest BCUT2D eigenvalue weighted by molar-refractivity contribution is 0.0310. The predicted octanol–water partition coefficient (Wildman–Crippen LogP) is 3.63. The number of aryl methyl sites for hydroxylation is 1. The maximum absolute atomic E-state index is 5.42. The minimum absolute atomic E-state index is 0. The molecule has 1 aromatic heterocycles. The van der Waals surface area contributed by atoms with Gasteiger partial charge < -0.3 is 19.9 Å². The topological polar surface area (TPSA) is 50.6 Å². The molecule has 0 bridgehead atoms. The van der Waals surface area contributed by atoms with Crippen LogP contribution >= 0.6 is 24.0 Å². The van der Waals surface area contributed by atoms with Gasteiger partial charge in [0.1, 0.15) is 0 Å². The van der Waals surface area contributed by atoms with Gasteiger partial charge in [-0.05, 0) is 44.7 Å². The molecule has 0 radical (unpaired) electrons. The molecule has 0 atom stereocenters. The number of fused-ring (bicyclic) bond motifs is 1. The molecule has 0 saturated carbocycles. The van der Waals surface area contributed by atoms with Gasteiger partial charge in [0.25, 0.3) is 0 Å². The zero-order valence-corrected chi connectivity index (χ0v) is 18.0. The number of benzene rings is 1. The quantitative estimate of drug-likeness (QED) is 0.275. The lowest BCUT2D eigenvalue weighted by atomic mass is 10.1. The van der Waals surface area contributed by atoms with E-state index in [1.807, 2.05) is 13.8 Å². The molecule has 0 amide bonds. The minimum Gasteiger partial charge on any atom is -0.377 e. The van der Waals surface area contributed by atoms with E-state index in [1.54, 1.807) is 7.11 Å². The van der Waals surface area contributed by atoms with E-state index in [4.69, 9.17) is 4.74 Å². The molecule has 5 nitrogen and oxygen atoms in total. The Bertz CT molecular complexity index is 666. The lowest BCUT2D eigenvalue weighted by Gasteiger charge is -2.21. The molecule has 140 valence electrons. The van der Waals surface area contributed by atoms with Gasteiger partial charge in [-0.15, -0.1) is 24.0 Å². The summed E-state index contributed by atoms with van der Waals surface area (Å²) in [7, 11) is 1.72. The van der Waals surface area contributed by atoms with Crippen molar-refractivity contribution in [2.75, 3.05) is 26.7 Å². The summed E-state index contributed by atoms with van der Waals surface area (Å²) in [6.45, 7) is 9.50. The van der Waals surface area contributed by atoms with Crippen LogP contribution in [0.5, 0.6) is 0 Å². The number of methoxy groups -OCH3 is 1. The van der Waals surface area contributed by atoms with Gasteiger partial charge in [-0.25, -0.2) is 0 Å². The zero-order chi connectivity index (χ0) is 17.4. The second kappa shape index (κ2) is 10.7. The molecule has 0 unspecified atom stereocenters. The molecular formula is C19H31IN4O. The molecule has 2 N–H and O–H groups in total. The highest BCUT2D eigenvalue weighted by Gasteiger charge is 2.15. The zero-order valence-electron chi connectivity index (χ0n) is 15.7. The number of halogens is 1. The Morgan fingerprint density at radius 1 is 1.20 bits per heavy atom. The number of aliphatic imine (C=N–C) groups is 1. The Hall–Kier alpha value is -1.28. The van der Waals surface area contributed by atoms with Crippen LogP contribution in [-0.4, -0.2) is 42.9 Å². The van der Waals surface area contributed by atoms with Crippen molar-refractivity contribution in [3.05, 3.63) is 36.5 Å². The molecule has 1 heterocycles. The number of ether oxygens (including phenoxy) is 1. The fourth-order valence-corrected chi connectivity index (χ4v) is 2.47. The Kier molecular flexibility index (Phi) is 9.27. The van der Waals surface area contributed by atoms with Crippen molar-refractivity contribution in [3.63, 3.8) is 0 Å². The van der Waals surface area contributed by atoms with E-state index in [-0.39, 0.29) is 29.6 Å². The van der Waals surface area contributed by atoms with E-state index in [0.717, 1.165) is 32.0 Å². The normalized spacial score (nSPS) is 12.1. The fraction of sp³-hybridized carbons (Fsp3) is 0.526. The fourth-order valence-electron chi connectivity index (χ4n) is 2.47. The first-order valence-corrected chi connectivity index (χ1v) is 8.67. The summed E-state index contributed by atoms with van der Waals surface area (Å²) in [5.74, 6) is 0.847. The van der Waals surface area contributed by atoms with Gasteiger partial charge >= 0.3 is 0 Å². The van der Waals surface area contributed by atoms with Crippen molar-refractivity contribution in [2.45, 2.75) is 39.3 Å². The first-order valence-electron chi connectivity index (χ1n) is 8.67. The maximum atomic E-state index is 5.42. The molecule has 1 aromatic carbocycles. The molecule has 0 aliphatic rings. The molecule has 2 aromatic rings. The van der Waals surface area contributed by atoms with Gasteiger partial charge in [-0.1, -0.05) is 18.2 Å². The van der Waals surface area contributed by atoms with E-state index in [0.29, 0.717) is 6.54 Å². The molecule has 0 aliphatic carbocycles. The predicted molar refractivity (Wildman–Crippen MR) is 117 cm³/mol. The van der Waals surface area contributed by atoms with E-state index in [9.17, 15) is 0 Å². The molecule has 2 rings (SSSR count). The van der Waals surface area contributed by atoms with Gasteiger partial charge in [-0.3, -0.25) is 4.99 Å². The standard InChI is InChI=1S/C19H30N4O.HI/c1-5-20-18(22-15-19(2,3)24-4)21-12-8-13-23-14-11-16-9-6-7-10-17(16)23;/h6-7,9-11,14H,5,8,12-13,15H2,1-4H3,(H2,20,21,22);1H. The third-order valence-corrected chi connectivity index (χ3v) is 4.06. The third-order valence-electron chi connectivity index (χ3n) is 4.06. The molecular weight excluding hydrogens is 427 g/mol. The van der Waals surface area contributed by atoms with Crippen LogP contribution in [0.1, 0.15) is 27.2 Å². The van der Waals surface area contributed by atoms with E-state index in [2.05, 4.69) is 63.6 Å². The van der Waals surface area contributed by atoms with Crippen molar-refractivity contribution < 1.29 is 4.74 Å². The number of hydrogen-bond donors (Lipinski definition) is 2. The highest BCUT2D eigenvalue weighted by atomic mass is 127. The summed E-state index contributed by atoms with van der Waals surface area (Å²) in [6.07, 6.45) is 3.20. The van der Waals surface area contributed by atoms with Gasteiger partial charge in [0.05, 0.1) is 12.1 Å². The van der Waals surface area contributed by atoms with Crippen molar-refractivity contribution in [1.82, 2.24) is 15.2 Å². The average Bonchev–Trinajstić information content (AvgIpc) is 3.00. The summed E-state index contributed by atoms with van der Waals surface area (Å²) in [4.78, 5) is 4.60. The number of rotatable bonds is 8. The largest absolute Gasteiger partial charge is 0.377 e. The Labute approximate surface area is 168 Å². The molecule has 0 saturated heterocycles. The Balaban J connectivity index is 0.00000312. The van der Waals surface area contributed by atoms with Gasteiger partial charge in [0.15, 0.2) is 5.96 Å². The molecule has 0 aliphatic heterocycles. The first-order chi connectivity index (χ1) is 11.6. The lowest BCUT2D eigenvalue weighted by Crippen LogP contribution is -2.39. The van der Waals surface area contributed by atoms with Crippen LogP contribution in [0.2, 0.25) is 0 Å². The van der Waals surface area contributed by atoms with Crippen LogP contribution in [0.25, 0.3) is 10.9 Å². The van der Waals surface area contributed by atoms with Gasteiger partial charge in [-0.2, -0.15) is 0 Å². The van der Waals surface area contributed by atoms with Crippen LogP contribution in [0.4, 0.5) is 0 Å². The summed E-state index contributed by atoms with van der Waals surface area (Å²) >= 11 is 0. The van der Waals surface area contributed by atoms with Crippen LogP contribution < -0.4 is 10.6 Å². The van der Waals surface area contributed by atoms with Crippen LogP contribution in [0.3, 0.4) is 0 Å². The Morgan fingerprint density at radius 2 is 1.96 bits per heavy atom. The summed E-state index contributed by atoms with van der Waals surface area (Å²) in [5.41, 5.74) is 1.05. The number of nitrogens with zero attached hydrogens (tertiary/aromatic N) is 2. The monoisotopic (exact) mass is 458 g/mol. The van der Waals surface area contributed by atoms with E-state index >= 15 is 0 Å². The number of para-hydroxylation sites is 1. The van der Waals surface area contributed by atoms with E-state index < -0.39 is 0 Å². The van der Waals surface area contributed by atoms with Gasteiger partial charge in [0.2, 0.25) is 0 Å². The molecule has 6 heteroatoms. The smallest absolute Gasteiger partial charge is 0.191 e. The minimum atomic E-state index is -0.244. The second-order valence-corrected chi connectivity index (χ2v) is 6.51. The van der Waals surface area contributed by atoms with Crippen LogP contribution in [0, 0.1) is 0 Å².